The summed E-state index contributed by atoms with van der Waals surface area (Å²) in [6.07, 6.45) is 1.84. The Bertz CT molecular complexity index is 768. The van der Waals surface area contributed by atoms with Gasteiger partial charge < -0.3 is 4.57 Å². The minimum atomic E-state index is 0.165. The minimum absolute atomic E-state index is 0.165. The predicted molar refractivity (Wildman–Crippen MR) is 84.0 cm³/mol. The van der Waals surface area contributed by atoms with Gasteiger partial charge in [-0.05, 0) is 11.5 Å². The summed E-state index contributed by atoms with van der Waals surface area (Å²) in [7, 11) is 0. The molecule has 2 heterocycles. The van der Waals surface area contributed by atoms with E-state index < -0.39 is 0 Å². The summed E-state index contributed by atoms with van der Waals surface area (Å²) in [6.45, 7) is 7.56. The van der Waals surface area contributed by atoms with Crippen molar-refractivity contribution in [2.45, 2.75) is 33.2 Å². The highest BCUT2D eigenvalue weighted by Crippen LogP contribution is 2.28. The molecule has 0 aliphatic heterocycles. The largest absolute Gasteiger partial charge is 0.326 e. The van der Waals surface area contributed by atoms with Crippen LogP contribution in [0.4, 0.5) is 0 Å². The van der Waals surface area contributed by atoms with E-state index in [0.29, 0.717) is 5.88 Å². The lowest BCUT2D eigenvalue weighted by atomic mass is 9.96. The summed E-state index contributed by atoms with van der Waals surface area (Å²) in [4.78, 5) is 9.11. The second-order valence-corrected chi connectivity index (χ2v) is 6.58. The maximum Gasteiger partial charge on any atom is 0.124 e. The number of hydrogen-bond donors (Lipinski definition) is 0. The van der Waals surface area contributed by atoms with Crippen molar-refractivity contribution in [2.75, 3.05) is 0 Å². The number of alkyl halides is 1. The first kappa shape index (κ1) is 13.4. The molecule has 0 aliphatic rings. The average molecular weight is 288 g/mol. The van der Waals surface area contributed by atoms with E-state index in [2.05, 4.69) is 41.4 Å². The van der Waals surface area contributed by atoms with Crippen LogP contribution < -0.4 is 0 Å². The number of hydrogen-bond acceptors (Lipinski definition) is 2. The Hall–Kier alpha value is -1.61. The van der Waals surface area contributed by atoms with Crippen LogP contribution in [0, 0.1) is 5.41 Å². The number of halogens is 1. The highest BCUT2D eigenvalue weighted by Gasteiger charge is 2.18. The van der Waals surface area contributed by atoms with E-state index in [9.17, 15) is 0 Å². The monoisotopic (exact) mass is 287 g/mol. The quantitative estimate of drug-likeness (QED) is 0.655. The molecule has 3 rings (SSSR count). The number of nitrogens with zero attached hydrogens (tertiary/aromatic N) is 3. The van der Waals surface area contributed by atoms with Gasteiger partial charge in [0.1, 0.15) is 11.3 Å². The van der Waals surface area contributed by atoms with Crippen molar-refractivity contribution < 1.29 is 0 Å². The molecule has 1 aromatic carbocycles. The van der Waals surface area contributed by atoms with E-state index in [-0.39, 0.29) is 5.41 Å². The Labute approximate surface area is 123 Å². The van der Waals surface area contributed by atoms with E-state index in [0.717, 1.165) is 34.3 Å². The van der Waals surface area contributed by atoms with E-state index in [1.807, 2.05) is 24.4 Å². The van der Waals surface area contributed by atoms with Gasteiger partial charge >= 0.3 is 0 Å². The number of benzene rings is 1. The molecule has 0 radical (unpaired) electrons. The van der Waals surface area contributed by atoms with Gasteiger partial charge in [-0.3, -0.25) is 4.98 Å². The number of pyridine rings is 1. The topological polar surface area (TPSA) is 30.7 Å². The molecule has 0 saturated carbocycles. The van der Waals surface area contributed by atoms with E-state index >= 15 is 0 Å². The summed E-state index contributed by atoms with van der Waals surface area (Å²) in [5.74, 6) is 1.33. The first-order chi connectivity index (χ1) is 9.49. The van der Waals surface area contributed by atoms with Crippen LogP contribution >= 0.6 is 11.6 Å². The van der Waals surface area contributed by atoms with Gasteiger partial charge in [0.15, 0.2) is 0 Å². The lowest BCUT2D eigenvalue weighted by Gasteiger charge is -2.21. The molecule has 3 aromatic rings. The molecule has 0 saturated heterocycles. The van der Waals surface area contributed by atoms with E-state index in [1.165, 1.54) is 0 Å². The first-order valence-electron chi connectivity index (χ1n) is 6.78. The Balaban J connectivity index is 2.37. The molecule has 0 aliphatic carbocycles. The molecule has 0 spiro atoms. The number of rotatable bonds is 2. The van der Waals surface area contributed by atoms with Gasteiger partial charge in [-0.1, -0.05) is 39.0 Å². The van der Waals surface area contributed by atoms with Crippen LogP contribution in [0.3, 0.4) is 0 Å². The van der Waals surface area contributed by atoms with E-state index in [4.69, 9.17) is 11.6 Å². The number of para-hydroxylation sites is 1. The van der Waals surface area contributed by atoms with Crippen LogP contribution in [0.15, 0.2) is 30.5 Å². The average Bonchev–Trinajstić information content (AvgIpc) is 2.75. The second-order valence-electron chi connectivity index (χ2n) is 6.32. The van der Waals surface area contributed by atoms with Crippen LogP contribution in [0.25, 0.3) is 21.9 Å². The molecule has 0 amide bonds. The van der Waals surface area contributed by atoms with E-state index in [1.54, 1.807) is 0 Å². The standard InChI is InChI=1S/C16H18ClN3/c1-16(2,3)10-20-14(8-17)19-13-9-18-12-7-5-4-6-11(12)15(13)20/h4-7,9H,8,10H2,1-3H3. The lowest BCUT2D eigenvalue weighted by molar-refractivity contribution is 0.345. The molecule has 3 nitrogen and oxygen atoms in total. The molecule has 0 N–H and O–H groups in total. The van der Waals surface area contributed by atoms with Gasteiger partial charge in [0.2, 0.25) is 0 Å². The molecular weight excluding hydrogens is 270 g/mol. The zero-order chi connectivity index (χ0) is 14.3. The maximum atomic E-state index is 6.08. The summed E-state index contributed by atoms with van der Waals surface area (Å²) in [6, 6.07) is 8.18. The Morgan fingerprint density at radius 2 is 1.90 bits per heavy atom. The molecular formula is C16H18ClN3. The van der Waals surface area contributed by atoms with Gasteiger partial charge in [0.25, 0.3) is 0 Å². The van der Waals surface area contributed by atoms with Crippen LogP contribution in [0.1, 0.15) is 26.6 Å². The Kier molecular flexibility index (Phi) is 3.17. The van der Waals surface area contributed by atoms with Gasteiger partial charge in [-0.15, -0.1) is 11.6 Å². The summed E-state index contributed by atoms with van der Waals surface area (Å²) in [5.41, 5.74) is 3.22. The fourth-order valence-electron chi connectivity index (χ4n) is 2.56. The van der Waals surface area contributed by atoms with Crippen molar-refractivity contribution in [3.63, 3.8) is 0 Å². The van der Waals surface area contributed by atoms with Crippen molar-refractivity contribution in [3.05, 3.63) is 36.3 Å². The number of aromatic nitrogens is 3. The second kappa shape index (κ2) is 4.74. The predicted octanol–water partition coefficient (Wildman–Crippen LogP) is 4.37. The van der Waals surface area contributed by atoms with Crippen LogP contribution in [-0.4, -0.2) is 14.5 Å². The maximum absolute atomic E-state index is 6.08. The zero-order valence-electron chi connectivity index (χ0n) is 12.0. The zero-order valence-corrected chi connectivity index (χ0v) is 12.8. The fourth-order valence-corrected chi connectivity index (χ4v) is 2.76. The Morgan fingerprint density at radius 3 is 2.60 bits per heavy atom. The summed E-state index contributed by atoms with van der Waals surface area (Å²) >= 11 is 6.08. The summed E-state index contributed by atoms with van der Waals surface area (Å²) in [5, 5.41) is 1.14. The fraction of sp³-hybridized carbons (Fsp3) is 0.375. The molecule has 20 heavy (non-hydrogen) atoms. The third kappa shape index (κ3) is 2.27. The molecule has 0 unspecified atom stereocenters. The van der Waals surface area contributed by atoms with Crippen LogP contribution in [-0.2, 0) is 12.4 Å². The van der Waals surface area contributed by atoms with Crippen molar-refractivity contribution in [2.24, 2.45) is 5.41 Å². The third-order valence-corrected chi connectivity index (χ3v) is 3.55. The number of imidazole rings is 1. The molecule has 4 heteroatoms. The first-order valence-corrected chi connectivity index (χ1v) is 7.32. The normalized spacial score (nSPS) is 12.4. The van der Waals surface area contributed by atoms with Crippen molar-refractivity contribution in [3.8, 4) is 0 Å². The number of fused-ring (bicyclic) bond motifs is 3. The molecule has 0 fully saturated rings. The summed E-state index contributed by atoms with van der Waals surface area (Å²) < 4.78 is 2.24. The van der Waals surface area contributed by atoms with Gasteiger partial charge in [-0.2, -0.15) is 0 Å². The molecule has 104 valence electrons. The third-order valence-electron chi connectivity index (χ3n) is 3.31. The van der Waals surface area contributed by atoms with Gasteiger partial charge in [0.05, 0.1) is 23.1 Å². The van der Waals surface area contributed by atoms with Crippen molar-refractivity contribution >= 4 is 33.5 Å². The molecule has 0 bridgehead atoms. The highest BCUT2D eigenvalue weighted by atomic mass is 35.5. The van der Waals surface area contributed by atoms with Crippen LogP contribution in [0.2, 0.25) is 0 Å². The Morgan fingerprint density at radius 1 is 1.15 bits per heavy atom. The SMILES string of the molecule is CC(C)(C)Cn1c(CCl)nc2cnc3ccccc3c21. The molecule has 0 atom stereocenters. The smallest absolute Gasteiger partial charge is 0.124 e. The molecule has 2 aromatic heterocycles. The van der Waals surface area contributed by atoms with Crippen molar-refractivity contribution in [1.82, 2.24) is 14.5 Å². The highest BCUT2D eigenvalue weighted by molar-refractivity contribution is 6.17. The van der Waals surface area contributed by atoms with Gasteiger partial charge in [0, 0.05) is 11.9 Å². The van der Waals surface area contributed by atoms with Crippen LogP contribution in [0.5, 0.6) is 0 Å². The van der Waals surface area contributed by atoms with Crippen molar-refractivity contribution in [1.29, 1.82) is 0 Å². The lowest BCUT2D eigenvalue weighted by Crippen LogP contribution is -2.17. The van der Waals surface area contributed by atoms with Gasteiger partial charge in [-0.25, -0.2) is 4.98 Å². The minimum Gasteiger partial charge on any atom is -0.326 e.